The van der Waals surface area contributed by atoms with Crippen molar-refractivity contribution < 1.29 is 9.59 Å². The molecule has 26 heavy (non-hydrogen) atoms. The van der Waals surface area contributed by atoms with E-state index < -0.39 is 0 Å². The number of nitrogens with zero attached hydrogens (tertiary/aromatic N) is 1. The molecule has 0 aromatic carbocycles. The highest BCUT2D eigenvalue weighted by Gasteiger charge is 2.63. The first-order valence-electron chi connectivity index (χ1n) is 10.9. The number of hydrogen-bond donors (Lipinski definition) is 0. The Morgan fingerprint density at radius 1 is 1.08 bits per heavy atom. The zero-order valence-electron chi connectivity index (χ0n) is 17.4. The number of rotatable bonds is 2. The van der Waals surface area contributed by atoms with Crippen LogP contribution in [-0.2, 0) is 9.59 Å². The third-order valence-electron chi connectivity index (χ3n) is 9.56. The summed E-state index contributed by atoms with van der Waals surface area (Å²) in [5.74, 6) is 3.87. The van der Waals surface area contributed by atoms with E-state index in [-0.39, 0.29) is 11.3 Å². The van der Waals surface area contributed by atoms with E-state index in [0.717, 1.165) is 38.0 Å². The standard InChI is InChI=1S/C23H37NO2/c1-14(25)18-8-9-19-17-7-6-15-12-16(26)10-11-22(15,2)21(17)20(24(4)5)13-23(18,19)3/h15,17-21H,6-13H2,1-5H3/t15-,17+,18-,19+,20-,21-,22+,23-/m1/s1. The summed E-state index contributed by atoms with van der Waals surface area (Å²) in [6, 6.07) is 0.544. The van der Waals surface area contributed by atoms with Gasteiger partial charge in [-0.3, -0.25) is 9.59 Å². The molecule has 0 aromatic heterocycles. The van der Waals surface area contributed by atoms with Crippen LogP contribution in [0, 0.1) is 40.4 Å². The lowest BCUT2D eigenvalue weighted by Crippen LogP contribution is -2.62. The van der Waals surface area contributed by atoms with Crippen molar-refractivity contribution in [1.29, 1.82) is 0 Å². The first-order valence-corrected chi connectivity index (χ1v) is 10.9. The molecular formula is C23H37NO2. The topological polar surface area (TPSA) is 37.4 Å². The summed E-state index contributed by atoms with van der Waals surface area (Å²) in [6.07, 6.45) is 8.68. The van der Waals surface area contributed by atoms with Crippen LogP contribution < -0.4 is 0 Å². The van der Waals surface area contributed by atoms with Crippen LogP contribution in [0.5, 0.6) is 0 Å². The first kappa shape index (κ1) is 18.7. The van der Waals surface area contributed by atoms with Crippen LogP contribution >= 0.6 is 0 Å². The quantitative estimate of drug-likeness (QED) is 0.736. The Balaban J connectivity index is 1.74. The molecule has 0 heterocycles. The van der Waals surface area contributed by atoms with E-state index in [1.165, 1.54) is 19.3 Å². The second kappa shape index (κ2) is 6.15. The van der Waals surface area contributed by atoms with Crippen LogP contribution in [0.1, 0.15) is 72.1 Å². The minimum atomic E-state index is 0.176. The maximum absolute atomic E-state index is 12.4. The maximum atomic E-state index is 12.4. The number of ketones is 2. The molecule has 3 heteroatoms. The predicted octanol–water partition coefficient (Wildman–Crippen LogP) is 4.34. The van der Waals surface area contributed by atoms with Crippen LogP contribution in [0.25, 0.3) is 0 Å². The molecule has 3 nitrogen and oxygen atoms in total. The summed E-state index contributed by atoms with van der Waals surface area (Å²) in [4.78, 5) is 27.0. The molecule has 0 aromatic rings. The van der Waals surface area contributed by atoms with Gasteiger partial charge in [0.2, 0.25) is 0 Å². The summed E-state index contributed by atoms with van der Waals surface area (Å²) in [5.41, 5.74) is 0.483. The fourth-order valence-corrected chi connectivity index (χ4v) is 8.34. The molecule has 0 N–H and O–H groups in total. The number of Topliss-reactive ketones (excluding diaryl/α,β-unsaturated/α-hetero) is 2. The molecule has 0 aliphatic heterocycles. The van der Waals surface area contributed by atoms with E-state index in [4.69, 9.17) is 0 Å². The van der Waals surface area contributed by atoms with E-state index in [1.807, 2.05) is 6.92 Å². The lowest BCUT2D eigenvalue weighted by atomic mass is 9.43. The fraction of sp³-hybridized carbons (Fsp3) is 0.913. The SMILES string of the molecule is CC(=O)[C@H]1CC[C@H]2[C@@H]3CC[C@@H]4CC(=O)CC[C@]4(C)[C@H]3[C@H](N(C)C)C[C@]12C. The van der Waals surface area contributed by atoms with Crippen molar-refractivity contribution in [2.75, 3.05) is 14.1 Å². The predicted molar refractivity (Wildman–Crippen MR) is 104 cm³/mol. The average Bonchev–Trinajstić information content (AvgIpc) is 2.91. The zero-order valence-corrected chi connectivity index (χ0v) is 17.4. The van der Waals surface area contributed by atoms with Gasteiger partial charge in [-0.2, -0.15) is 0 Å². The molecule has 8 atom stereocenters. The van der Waals surface area contributed by atoms with Crippen molar-refractivity contribution in [2.24, 2.45) is 40.4 Å². The van der Waals surface area contributed by atoms with Crippen LogP contribution in [-0.4, -0.2) is 36.6 Å². The van der Waals surface area contributed by atoms with E-state index >= 15 is 0 Å². The minimum absolute atomic E-state index is 0.176. The van der Waals surface area contributed by atoms with Crippen LogP contribution in [0.3, 0.4) is 0 Å². The van der Waals surface area contributed by atoms with Gasteiger partial charge in [-0.25, -0.2) is 0 Å². The van der Waals surface area contributed by atoms with Crippen molar-refractivity contribution in [2.45, 2.75) is 78.2 Å². The van der Waals surface area contributed by atoms with Gasteiger partial charge in [0.15, 0.2) is 0 Å². The van der Waals surface area contributed by atoms with Gasteiger partial charge < -0.3 is 4.90 Å². The zero-order chi connectivity index (χ0) is 18.9. The van der Waals surface area contributed by atoms with Crippen molar-refractivity contribution in [3.63, 3.8) is 0 Å². The van der Waals surface area contributed by atoms with E-state index in [0.29, 0.717) is 40.8 Å². The Kier molecular flexibility index (Phi) is 4.42. The van der Waals surface area contributed by atoms with Gasteiger partial charge in [-0.1, -0.05) is 13.8 Å². The molecule has 146 valence electrons. The van der Waals surface area contributed by atoms with Crippen molar-refractivity contribution in [3.05, 3.63) is 0 Å². The molecule has 4 aliphatic rings. The third kappa shape index (κ3) is 2.48. The van der Waals surface area contributed by atoms with E-state index in [2.05, 4.69) is 32.8 Å². The number of carbonyl (C=O) groups is 2. The summed E-state index contributed by atoms with van der Waals surface area (Å²) in [7, 11) is 4.48. The summed E-state index contributed by atoms with van der Waals surface area (Å²) >= 11 is 0. The smallest absolute Gasteiger partial charge is 0.133 e. The van der Waals surface area contributed by atoms with Gasteiger partial charge in [0, 0.05) is 24.8 Å². The lowest BCUT2D eigenvalue weighted by molar-refractivity contribution is -0.158. The van der Waals surface area contributed by atoms with Crippen molar-refractivity contribution in [1.82, 2.24) is 4.90 Å². The molecule has 0 spiro atoms. The van der Waals surface area contributed by atoms with Gasteiger partial charge >= 0.3 is 0 Å². The first-order chi connectivity index (χ1) is 12.2. The number of hydrogen-bond acceptors (Lipinski definition) is 3. The maximum Gasteiger partial charge on any atom is 0.133 e. The van der Waals surface area contributed by atoms with Gasteiger partial charge in [-0.05, 0) is 94.0 Å². The normalized spacial score (nSPS) is 50.9. The van der Waals surface area contributed by atoms with Crippen molar-refractivity contribution in [3.8, 4) is 0 Å². The van der Waals surface area contributed by atoms with Crippen LogP contribution in [0.2, 0.25) is 0 Å². The molecule has 0 bridgehead atoms. The van der Waals surface area contributed by atoms with Crippen molar-refractivity contribution >= 4 is 11.6 Å². The third-order valence-corrected chi connectivity index (χ3v) is 9.56. The summed E-state index contributed by atoms with van der Waals surface area (Å²) < 4.78 is 0. The van der Waals surface area contributed by atoms with E-state index in [9.17, 15) is 9.59 Å². The minimum Gasteiger partial charge on any atom is -0.306 e. The van der Waals surface area contributed by atoms with Gasteiger partial charge in [0.05, 0.1) is 0 Å². The number of carbonyl (C=O) groups excluding carboxylic acids is 2. The summed E-state index contributed by atoms with van der Waals surface area (Å²) in [5, 5.41) is 0. The molecule has 0 radical (unpaired) electrons. The van der Waals surface area contributed by atoms with Crippen LogP contribution in [0.4, 0.5) is 0 Å². The molecule has 0 saturated heterocycles. The molecule has 0 unspecified atom stereocenters. The second-order valence-corrected chi connectivity index (χ2v) is 10.8. The Bertz CT molecular complexity index is 613. The number of fused-ring (bicyclic) bond motifs is 5. The molecule has 0 amide bonds. The molecule has 4 aliphatic carbocycles. The Labute approximate surface area is 159 Å². The average molecular weight is 360 g/mol. The van der Waals surface area contributed by atoms with Gasteiger partial charge in [-0.15, -0.1) is 0 Å². The molecule has 4 fully saturated rings. The highest BCUT2D eigenvalue weighted by Crippen LogP contribution is 2.67. The van der Waals surface area contributed by atoms with Crippen LogP contribution in [0.15, 0.2) is 0 Å². The highest BCUT2D eigenvalue weighted by molar-refractivity contribution is 5.80. The fourth-order valence-electron chi connectivity index (χ4n) is 8.34. The monoisotopic (exact) mass is 359 g/mol. The Morgan fingerprint density at radius 2 is 1.81 bits per heavy atom. The highest BCUT2D eigenvalue weighted by atomic mass is 16.1. The molecule has 4 rings (SSSR count). The lowest BCUT2D eigenvalue weighted by Gasteiger charge is -2.63. The van der Waals surface area contributed by atoms with Gasteiger partial charge in [0.1, 0.15) is 11.6 Å². The Morgan fingerprint density at radius 3 is 2.46 bits per heavy atom. The Hall–Kier alpha value is -0.700. The van der Waals surface area contributed by atoms with E-state index in [1.54, 1.807) is 0 Å². The molecular weight excluding hydrogens is 322 g/mol. The molecule has 4 saturated carbocycles. The van der Waals surface area contributed by atoms with Gasteiger partial charge in [0.25, 0.3) is 0 Å². The summed E-state index contributed by atoms with van der Waals surface area (Å²) in [6.45, 7) is 6.76. The largest absolute Gasteiger partial charge is 0.306 e. The second-order valence-electron chi connectivity index (χ2n) is 10.8.